The smallest absolute Gasteiger partial charge is 0.308 e. The van der Waals surface area contributed by atoms with E-state index in [1.807, 2.05) is 0 Å². The van der Waals surface area contributed by atoms with Crippen LogP contribution in [0.5, 0.6) is 0 Å². The van der Waals surface area contributed by atoms with Gasteiger partial charge in [-0.05, 0) is 13.0 Å². The van der Waals surface area contributed by atoms with Crippen LogP contribution < -0.4 is 5.73 Å². The number of nitro groups is 1. The number of hydrogen-bond acceptors (Lipinski definition) is 7. The molecule has 3 amide bonds. The van der Waals surface area contributed by atoms with Crippen molar-refractivity contribution < 1.29 is 28.8 Å². The summed E-state index contributed by atoms with van der Waals surface area (Å²) in [6.07, 6.45) is -1.50. The first-order valence-electron chi connectivity index (χ1n) is 6.86. The number of primary amides is 1. The van der Waals surface area contributed by atoms with Gasteiger partial charge in [-0.2, -0.15) is 0 Å². The largest absolute Gasteiger partial charge is 0.453 e. The summed E-state index contributed by atoms with van der Waals surface area (Å²) in [5.41, 5.74) is 4.09. The van der Waals surface area contributed by atoms with Crippen molar-refractivity contribution >= 4 is 29.4 Å². The number of fused-ring (bicyclic) bond motifs is 1. The molecule has 0 unspecified atom stereocenters. The Hall–Kier alpha value is -3.30. The molecule has 2 rings (SSSR count). The topological polar surface area (TPSA) is 150 Å². The molecule has 2 N–H and O–H groups in total. The van der Waals surface area contributed by atoms with Gasteiger partial charge in [0.1, 0.15) is 5.56 Å². The Labute approximate surface area is 135 Å². The van der Waals surface area contributed by atoms with Crippen molar-refractivity contribution in [2.24, 2.45) is 5.73 Å². The summed E-state index contributed by atoms with van der Waals surface area (Å²) in [4.78, 5) is 57.8. The third-order valence-corrected chi connectivity index (χ3v) is 3.42. The van der Waals surface area contributed by atoms with Gasteiger partial charge >= 0.3 is 5.97 Å². The molecule has 24 heavy (non-hydrogen) atoms. The highest BCUT2D eigenvalue weighted by Crippen LogP contribution is 2.30. The molecule has 1 aromatic carbocycles. The number of imide groups is 1. The molecule has 0 radical (unpaired) electrons. The molecule has 0 saturated carbocycles. The highest BCUT2D eigenvalue weighted by molar-refractivity contribution is 6.23. The van der Waals surface area contributed by atoms with Crippen molar-refractivity contribution in [1.82, 2.24) is 4.90 Å². The molecule has 0 aromatic heterocycles. The van der Waals surface area contributed by atoms with Crippen molar-refractivity contribution in [3.05, 3.63) is 39.4 Å². The molecule has 0 aliphatic carbocycles. The normalized spacial score (nSPS) is 14.3. The van der Waals surface area contributed by atoms with E-state index in [4.69, 9.17) is 10.5 Å². The molecular weight excluding hydrogens is 322 g/mol. The number of nitro benzene ring substituents is 1. The molecule has 0 spiro atoms. The molecule has 1 aliphatic rings. The second kappa shape index (κ2) is 6.44. The zero-order valence-corrected chi connectivity index (χ0v) is 12.6. The van der Waals surface area contributed by atoms with Crippen molar-refractivity contribution in [3.8, 4) is 0 Å². The SMILES string of the molecule is C[C@H](OC(=O)CCN1C(=O)c2cccc([N+](=O)[O-])c2C1=O)C(N)=O. The lowest BCUT2D eigenvalue weighted by molar-refractivity contribution is -0.385. The maximum Gasteiger partial charge on any atom is 0.308 e. The number of nitrogens with zero attached hydrogens (tertiary/aromatic N) is 2. The highest BCUT2D eigenvalue weighted by Gasteiger charge is 2.40. The molecule has 0 saturated heterocycles. The zero-order chi connectivity index (χ0) is 18.0. The number of carbonyl (C=O) groups is 4. The molecule has 10 nitrogen and oxygen atoms in total. The lowest BCUT2D eigenvalue weighted by atomic mass is 10.1. The first kappa shape index (κ1) is 17.1. The fraction of sp³-hybridized carbons (Fsp3) is 0.286. The van der Waals surface area contributed by atoms with Crippen molar-refractivity contribution in [3.63, 3.8) is 0 Å². The minimum absolute atomic E-state index is 0.0897. The number of rotatable bonds is 6. The predicted octanol–water partition coefficient (Wildman–Crippen LogP) is -0.00210. The van der Waals surface area contributed by atoms with Crippen LogP contribution >= 0.6 is 0 Å². The van der Waals surface area contributed by atoms with Gasteiger partial charge in [0.15, 0.2) is 6.10 Å². The van der Waals surface area contributed by atoms with E-state index in [-0.39, 0.29) is 24.1 Å². The van der Waals surface area contributed by atoms with Gasteiger partial charge in [-0.15, -0.1) is 0 Å². The van der Waals surface area contributed by atoms with Crippen LogP contribution in [0.3, 0.4) is 0 Å². The lowest BCUT2D eigenvalue weighted by Crippen LogP contribution is -2.34. The minimum atomic E-state index is -1.14. The van der Waals surface area contributed by atoms with E-state index in [0.29, 0.717) is 0 Å². The summed E-state index contributed by atoms with van der Waals surface area (Å²) in [5, 5.41) is 11.0. The first-order chi connectivity index (χ1) is 11.2. The summed E-state index contributed by atoms with van der Waals surface area (Å²) >= 11 is 0. The summed E-state index contributed by atoms with van der Waals surface area (Å²) < 4.78 is 4.71. The highest BCUT2D eigenvalue weighted by atomic mass is 16.6. The Morgan fingerprint density at radius 3 is 2.58 bits per heavy atom. The third-order valence-electron chi connectivity index (χ3n) is 3.42. The quantitative estimate of drug-likeness (QED) is 0.332. The fourth-order valence-corrected chi connectivity index (χ4v) is 2.19. The monoisotopic (exact) mass is 335 g/mol. The van der Waals surface area contributed by atoms with E-state index in [9.17, 15) is 29.3 Å². The van der Waals surface area contributed by atoms with E-state index < -0.39 is 40.4 Å². The minimum Gasteiger partial charge on any atom is -0.453 e. The second-order valence-electron chi connectivity index (χ2n) is 5.00. The van der Waals surface area contributed by atoms with E-state index in [1.54, 1.807) is 0 Å². The number of benzene rings is 1. The van der Waals surface area contributed by atoms with Gasteiger partial charge in [-0.1, -0.05) is 6.07 Å². The molecule has 1 aromatic rings. The number of ether oxygens (including phenoxy) is 1. The summed E-state index contributed by atoms with van der Waals surface area (Å²) in [7, 11) is 0. The van der Waals surface area contributed by atoms with Crippen LogP contribution in [0, 0.1) is 10.1 Å². The summed E-state index contributed by atoms with van der Waals surface area (Å²) in [6.45, 7) is 0.958. The van der Waals surface area contributed by atoms with Crippen molar-refractivity contribution in [1.29, 1.82) is 0 Å². The second-order valence-corrected chi connectivity index (χ2v) is 5.00. The standard InChI is InChI=1S/C14H13N3O7/c1-7(12(15)19)24-10(18)5-6-16-13(20)8-3-2-4-9(17(22)23)11(8)14(16)21/h2-4,7H,5-6H2,1H3,(H2,15,19)/t7-/m0/s1. The number of esters is 1. The zero-order valence-electron chi connectivity index (χ0n) is 12.6. The van der Waals surface area contributed by atoms with Crippen molar-refractivity contribution in [2.75, 3.05) is 6.54 Å². The van der Waals surface area contributed by atoms with Crippen LogP contribution in [0.25, 0.3) is 0 Å². The van der Waals surface area contributed by atoms with Gasteiger partial charge in [-0.3, -0.25) is 34.2 Å². The average Bonchev–Trinajstić information content (AvgIpc) is 2.76. The predicted molar refractivity (Wildman–Crippen MR) is 77.8 cm³/mol. The number of carbonyl (C=O) groups excluding carboxylic acids is 4. The Balaban J connectivity index is 2.12. The maximum atomic E-state index is 12.2. The number of amides is 3. The van der Waals surface area contributed by atoms with E-state index in [0.717, 1.165) is 11.0 Å². The van der Waals surface area contributed by atoms with Crippen molar-refractivity contribution in [2.45, 2.75) is 19.4 Å². The fourth-order valence-electron chi connectivity index (χ4n) is 2.19. The molecule has 1 atom stereocenters. The van der Waals surface area contributed by atoms with Gasteiger partial charge in [0.2, 0.25) is 0 Å². The molecule has 10 heteroatoms. The third kappa shape index (κ3) is 3.07. The van der Waals surface area contributed by atoms with Crippen LogP contribution in [0.15, 0.2) is 18.2 Å². The van der Waals surface area contributed by atoms with Crippen LogP contribution in [-0.2, 0) is 14.3 Å². The Morgan fingerprint density at radius 1 is 1.33 bits per heavy atom. The number of nitrogens with two attached hydrogens (primary N) is 1. The van der Waals surface area contributed by atoms with Crippen LogP contribution in [0.4, 0.5) is 5.69 Å². The van der Waals surface area contributed by atoms with Gasteiger partial charge < -0.3 is 10.5 Å². The average molecular weight is 335 g/mol. The Bertz CT molecular complexity index is 759. The first-order valence-corrected chi connectivity index (χ1v) is 6.86. The molecule has 0 bridgehead atoms. The molecule has 0 fully saturated rings. The van der Waals surface area contributed by atoms with Gasteiger partial charge in [0.05, 0.1) is 16.9 Å². The van der Waals surface area contributed by atoms with E-state index in [2.05, 4.69) is 0 Å². The molecule has 126 valence electrons. The number of hydrogen-bond donors (Lipinski definition) is 1. The summed E-state index contributed by atoms with van der Waals surface area (Å²) in [6, 6.07) is 3.72. The molecule has 1 heterocycles. The molecular formula is C14H13N3O7. The summed E-state index contributed by atoms with van der Waals surface area (Å²) in [5.74, 6) is -3.24. The van der Waals surface area contributed by atoms with Crippen LogP contribution in [0.1, 0.15) is 34.1 Å². The maximum absolute atomic E-state index is 12.2. The van der Waals surface area contributed by atoms with Gasteiger partial charge in [-0.25, -0.2) is 0 Å². The Morgan fingerprint density at radius 2 is 2.00 bits per heavy atom. The Kier molecular flexibility index (Phi) is 4.58. The van der Waals surface area contributed by atoms with Crippen LogP contribution in [0.2, 0.25) is 0 Å². The van der Waals surface area contributed by atoms with Crippen LogP contribution in [-0.4, -0.2) is 46.2 Å². The molecule has 1 aliphatic heterocycles. The van der Waals surface area contributed by atoms with Gasteiger partial charge in [0, 0.05) is 12.6 Å². The lowest BCUT2D eigenvalue weighted by Gasteiger charge is -2.14. The van der Waals surface area contributed by atoms with E-state index >= 15 is 0 Å². The van der Waals surface area contributed by atoms with E-state index in [1.165, 1.54) is 19.1 Å². The van der Waals surface area contributed by atoms with Gasteiger partial charge in [0.25, 0.3) is 23.4 Å².